The molecule has 0 radical (unpaired) electrons. The fourth-order valence-electron chi connectivity index (χ4n) is 3.59. The van der Waals surface area contributed by atoms with Crippen LogP contribution in [0.3, 0.4) is 0 Å². The van der Waals surface area contributed by atoms with Gasteiger partial charge in [0.2, 0.25) is 5.91 Å². The first-order chi connectivity index (χ1) is 14.6. The molecule has 1 aliphatic heterocycles. The molecule has 160 valence electrons. The Labute approximate surface area is 178 Å². The number of carbonyl (C=O) groups excluding carboxylic acids is 2. The summed E-state index contributed by atoms with van der Waals surface area (Å²) in [4.78, 5) is 26.0. The lowest BCUT2D eigenvalue weighted by molar-refractivity contribution is -0.128. The number of hydrogen-bond donors (Lipinski definition) is 1. The third-order valence-electron chi connectivity index (χ3n) is 5.22. The van der Waals surface area contributed by atoms with Crippen LogP contribution in [-0.2, 0) is 17.8 Å². The van der Waals surface area contributed by atoms with Crippen molar-refractivity contribution in [3.05, 3.63) is 59.2 Å². The summed E-state index contributed by atoms with van der Waals surface area (Å²) in [6, 6.07) is 13.4. The van der Waals surface area contributed by atoms with Crippen LogP contribution in [0, 0.1) is 0 Å². The maximum Gasteiger partial charge on any atom is 0.251 e. The highest BCUT2D eigenvalue weighted by Crippen LogP contribution is 2.28. The van der Waals surface area contributed by atoms with Crippen molar-refractivity contribution in [1.29, 1.82) is 0 Å². The van der Waals surface area contributed by atoms with Gasteiger partial charge in [0.05, 0.1) is 13.7 Å². The molecular weight excluding hydrogens is 380 g/mol. The van der Waals surface area contributed by atoms with Crippen LogP contribution >= 0.6 is 0 Å². The van der Waals surface area contributed by atoms with E-state index in [-0.39, 0.29) is 11.8 Å². The van der Waals surface area contributed by atoms with Crippen LogP contribution in [-0.4, -0.2) is 43.5 Å². The summed E-state index contributed by atoms with van der Waals surface area (Å²) >= 11 is 0. The van der Waals surface area contributed by atoms with Crippen molar-refractivity contribution in [3.8, 4) is 11.5 Å². The van der Waals surface area contributed by atoms with E-state index in [2.05, 4.69) is 5.32 Å². The van der Waals surface area contributed by atoms with Crippen molar-refractivity contribution < 1.29 is 19.1 Å². The largest absolute Gasteiger partial charge is 0.493 e. The topological polar surface area (TPSA) is 67.9 Å². The summed E-state index contributed by atoms with van der Waals surface area (Å²) in [5.41, 5.74) is 2.82. The normalized spacial score (nSPS) is 13.4. The molecule has 0 aliphatic carbocycles. The van der Waals surface area contributed by atoms with Crippen LogP contribution in [0.15, 0.2) is 42.5 Å². The summed E-state index contributed by atoms with van der Waals surface area (Å²) in [7, 11) is 1.64. The second-order valence-corrected chi connectivity index (χ2v) is 7.39. The molecule has 1 saturated heterocycles. The predicted octanol–water partition coefficient (Wildman–Crippen LogP) is 3.58. The van der Waals surface area contributed by atoms with Gasteiger partial charge in [-0.15, -0.1) is 0 Å². The van der Waals surface area contributed by atoms with E-state index in [4.69, 9.17) is 9.47 Å². The van der Waals surface area contributed by atoms with Crippen LogP contribution in [0.2, 0.25) is 0 Å². The third kappa shape index (κ3) is 5.75. The minimum Gasteiger partial charge on any atom is -0.493 e. The number of aryl methyl sites for hydroxylation is 1. The summed E-state index contributed by atoms with van der Waals surface area (Å²) in [6.07, 6.45) is 3.25. The maximum absolute atomic E-state index is 12.4. The van der Waals surface area contributed by atoms with Crippen molar-refractivity contribution in [2.45, 2.75) is 39.2 Å². The Morgan fingerprint density at radius 2 is 1.87 bits per heavy atom. The van der Waals surface area contributed by atoms with Gasteiger partial charge in [0, 0.05) is 31.6 Å². The minimum atomic E-state index is -0.0805. The zero-order chi connectivity index (χ0) is 21.3. The highest BCUT2D eigenvalue weighted by atomic mass is 16.5. The van der Waals surface area contributed by atoms with Crippen LogP contribution < -0.4 is 14.8 Å². The molecule has 0 saturated carbocycles. The van der Waals surface area contributed by atoms with Crippen molar-refractivity contribution in [2.24, 2.45) is 0 Å². The van der Waals surface area contributed by atoms with Gasteiger partial charge in [0.15, 0.2) is 11.5 Å². The van der Waals surface area contributed by atoms with Gasteiger partial charge in [-0.25, -0.2) is 0 Å². The van der Waals surface area contributed by atoms with Gasteiger partial charge in [-0.1, -0.05) is 18.2 Å². The number of ether oxygens (including phenoxy) is 2. The van der Waals surface area contributed by atoms with E-state index in [1.54, 1.807) is 7.11 Å². The highest BCUT2D eigenvalue weighted by Gasteiger charge is 2.20. The zero-order valence-electron chi connectivity index (χ0n) is 17.8. The molecule has 2 aromatic carbocycles. The second-order valence-electron chi connectivity index (χ2n) is 7.39. The quantitative estimate of drug-likeness (QED) is 0.608. The van der Waals surface area contributed by atoms with Crippen molar-refractivity contribution in [3.63, 3.8) is 0 Å². The standard InChI is InChI=1S/C24H30N2O4/c1-3-30-21-13-10-18(16-22(21)29-2)6-4-14-25-24(28)20-11-8-19(9-12-20)17-26-15-5-7-23(26)27/h8-13,16H,3-7,14-15,17H2,1-2H3,(H,25,28). The lowest BCUT2D eigenvalue weighted by atomic mass is 10.1. The number of nitrogens with zero attached hydrogens (tertiary/aromatic N) is 1. The van der Waals surface area contributed by atoms with Crippen LogP contribution in [0.4, 0.5) is 0 Å². The average Bonchev–Trinajstić information content (AvgIpc) is 3.17. The molecule has 0 atom stereocenters. The van der Waals surface area contributed by atoms with Gasteiger partial charge >= 0.3 is 0 Å². The monoisotopic (exact) mass is 410 g/mol. The van der Waals surface area contributed by atoms with E-state index in [0.29, 0.717) is 31.7 Å². The van der Waals surface area contributed by atoms with E-state index >= 15 is 0 Å². The number of benzene rings is 2. The van der Waals surface area contributed by atoms with Crippen molar-refractivity contribution in [1.82, 2.24) is 10.2 Å². The first-order valence-corrected chi connectivity index (χ1v) is 10.6. The lowest BCUT2D eigenvalue weighted by Crippen LogP contribution is -2.25. The second kappa shape index (κ2) is 10.7. The third-order valence-corrected chi connectivity index (χ3v) is 5.22. The van der Waals surface area contributed by atoms with E-state index in [9.17, 15) is 9.59 Å². The van der Waals surface area contributed by atoms with Gasteiger partial charge in [-0.05, 0) is 61.6 Å². The first-order valence-electron chi connectivity index (χ1n) is 10.6. The first kappa shape index (κ1) is 21.7. The smallest absolute Gasteiger partial charge is 0.251 e. The minimum absolute atomic E-state index is 0.0805. The highest BCUT2D eigenvalue weighted by molar-refractivity contribution is 5.94. The number of rotatable bonds is 10. The van der Waals surface area contributed by atoms with Crippen LogP contribution in [0.25, 0.3) is 0 Å². The zero-order valence-corrected chi connectivity index (χ0v) is 17.8. The van der Waals surface area contributed by atoms with Crippen molar-refractivity contribution >= 4 is 11.8 Å². The SMILES string of the molecule is CCOc1ccc(CCCNC(=O)c2ccc(CN3CCCC3=O)cc2)cc1OC. The predicted molar refractivity (Wildman–Crippen MR) is 116 cm³/mol. The number of likely N-dealkylation sites (tertiary alicyclic amines) is 1. The van der Waals surface area contributed by atoms with E-state index < -0.39 is 0 Å². The van der Waals surface area contributed by atoms with E-state index in [1.165, 1.54) is 0 Å². The number of hydrogen-bond acceptors (Lipinski definition) is 4. The van der Waals surface area contributed by atoms with Gasteiger partial charge in [-0.3, -0.25) is 9.59 Å². The van der Waals surface area contributed by atoms with Gasteiger partial charge < -0.3 is 19.7 Å². The fourth-order valence-corrected chi connectivity index (χ4v) is 3.59. The molecule has 6 nitrogen and oxygen atoms in total. The van der Waals surface area contributed by atoms with Crippen LogP contribution in [0.1, 0.15) is 47.7 Å². The summed E-state index contributed by atoms with van der Waals surface area (Å²) in [5, 5.41) is 2.97. The van der Waals surface area contributed by atoms with Crippen molar-refractivity contribution in [2.75, 3.05) is 26.8 Å². The van der Waals surface area contributed by atoms with E-state index in [0.717, 1.165) is 48.4 Å². The number of methoxy groups -OCH3 is 1. The molecule has 0 unspecified atom stereocenters. The molecule has 2 amide bonds. The molecule has 1 heterocycles. The van der Waals surface area contributed by atoms with Crippen LogP contribution in [0.5, 0.6) is 11.5 Å². The molecule has 0 bridgehead atoms. The Balaban J connectivity index is 1.44. The number of nitrogens with one attached hydrogen (secondary N) is 1. The molecule has 0 spiro atoms. The Morgan fingerprint density at radius 3 is 2.53 bits per heavy atom. The molecular formula is C24H30N2O4. The fraction of sp³-hybridized carbons (Fsp3) is 0.417. The molecule has 1 aliphatic rings. The summed E-state index contributed by atoms with van der Waals surface area (Å²) in [5.74, 6) is 1.61. The molecule has 30 heavy (non-hydrogen) atoms. The Bertz CT molecular complexity index is 864. The van der Waals surface area contributed by atoms with Gasteiger partial charge in [0.1, 0.15) is 0 Å². The Morgan fingerprint density at radius 1 is 1.10 bits per heavy atom. The molecule has 6 heteroatoms. The summed E-state index contributed by atoms with van der Waals surface area (Å²) < 4.78 is 10.9. The van der Waals surface area contributed by atoms with Gasteiger partial charge in [0.25, 0.3) is 5.91 Å². The molecule has 2 aromatic rings. The molecule has 1 fully saturated rings. The van der Waals surface area contributed by atoms with Gasteiger partial charge in [-0.2, -0.15) is 0 Å². The van der Waals surface area contributed by atoms with E-state index in [1.807, 2.05) is 54.3 Å². The molecule has 0 aromatic heterocycles. The maximum atomic E-state index is 12.4. The lowest BCUT2D eigenvalue weighted by Gasteiger charge is -2.15. The Kier molecular flexibility index (Phi) is 7.71. The number of amides is 2. The molecule has 3 rings (SSSR count). The Hall–Kier alpha value is -3.02. The molecule has 1 N–H and O–H groups in total. The number of carbonyl (C=O) groups is 2. The average molecular weight is 411 g/mol. The summed E-state index contributed by atoms with van der Waals surface area (Å²) in [6.45, 7) is 4.57.